The van der Waals surface area contributed by atoms with Crippen molar-refractivity contribution < 1.29 is 9.90 Å². The smallest absolute Gasteiger partial charge is 0.352 e. The van der Waals surface area contributed by atoms with E-state index in [1.807, 2.05) is 29.8 Å². The number of aryl methyl sites for hydroxylation is 2. The first-order chi connectivity index (χ1) is 8.50. The largest absolute Gasteiger partial charge is 0.477 e. The van der Waals surface area contributed by atoms with Gasteiger partial charge < -0.3 is 14.2 Å². The number of halogens is 1. The van der Waals surface area contributed by atoms with Crippen LogP contribution in [0.5, 0.6) is 0 Å². The van der Waals surface area contributed by atoms with Crippen molar-refractivity contribution in [3.8, 4) is 0 Å². The predicted molar refractivity (Wildman–Crippen MR) is 74.1 cm³/mol. The lowest BCUT2D eigenvalue weighted by Gasteiger charge is -2.00. The minimum atomic E-state index is -0.904. The summed E-state index contributed by atoms with van der Waals surface area (Å²) in [7, 11) is 3.73. The minimum Gasteiger partial charge on any atom is -0.477 e. The van der Waals surface area contributed by atoms with Crippen molar-refractivity contribution in [3.63, 3.8) is 0 Å². The molecule has 5 heteroatoms. The Kier molecular flexibility index (Phi) is 2.28. The number of hydrogen-bond donors (Lipinski definition) is 1. The molecule has 1 N–H and O–H groups in total. The van der Waals surface area contributed by atoms with Crippen LogP contribution in [0.2, 0.25) is 0 Å². The van der Waals surface area contributed by atoms with Gasteiger partial charge in [0.1, 0.15) is 5.69 Å². The number of benzene rings is 1. The number of fused-ring (bicyclic) bond motifs is 3. The van der Waals surface area contributed by atoms with Crippen LogP contribution in [0.3, 0.4) is 0 Å². The summed E-state index contributed by atoms with van der Waals surface area (Å²) in [5.74, 6) is -0.904. The van der Waals surface area contributed by atoms with Gasteiger partial charge in [-0.1, -0.05) is 15.9 Å². The first kappa shape index (κ1) is 11.3. The van der Waals surface area contributed by atoms with Crippen molar-refractivity contribution >= 4 is 43.8 Å². The molecule has 0 spiro atoms. The number of aromatic nitrogens is 2. The highest BCUT2D eigenvalue weighted by Gasteiger charge is 2.18. The van der Waals surface area contributed by atoms with Crippen LogP contribution in [-0.2, 0) is 14.1 Å². The van der Waals surface area contributed by atoms with Gasteiger partial charge in [-0.05, 0) is 24.3 Å². The summed E-state index contributed by atoms with van der Waals surface area (Å²) in [6, 6.07) is 7.73. The fourth-order valence-corrected chi connectivity index (χ4v) is 2.83. The lowest BCUT2D eigenvalue weighted by Crippen LogP contribution is -2.03. The molecule has 3 rings (SSSR count). The van der Waals surface area contributed by atoms with Crippen molar-refractivity contribution in [1.82, 2.24) is 9.13 Å². The zero-order chi connectivity index (χ0) is 13.0. The van der Waals surface area contributed by atoms with E-state index in [2.05, 4.69) is 15.9 Å². The number of carboxylic acids is 1. The van der Waals surface area contributed by atoms with Gasteiger partial charge in [0.2, 0.25) is 0 Å². The summed E-state index contributed by atoms with van der Waals surface area (Å²) in [6.07, 6.45) is 0. The topological polar surface area (TPSA) is 47.2 Å². The lowest BCUT2D eigenvalue weighted by molar-refractivity contribution is 0.0687. The second kappa shape index (κ2) is 3.62. The van der Waals surface area contributed by atoms with E-state index in [-0.39, 0.29) is 0 Å². The Morgan fingerprint density at radius 3 is 2.56 bits per heavy atom. The molecular weight excluding hydrogens is 296 g/mol. The Bertz CT molecular complexity index is 798. The van der Waals surface area contributed by atoms with Gasteiger partial charge in [-0.25, -0.2) is 4.79 Å². The van der Waals surface area contributed by atoms with Gasteiger partial charge >= 0.3 is 5.97 Å². The van der Waals surface area contributed by atoms with Crippen LogP contribution in [0.1, 0.15) is 10.5 Å². The molecule has 0 unspecified atom stereocenters. The lowest BCUT2D eigenvalue weighted by atomic mass is 10.2. The number of nitrogens with zero attached hydrogens (tertiary/aromatic N) is 2. The van der Waals surface area contributed by atoms with Gasteiger partial charge in [0.25, 0.3) is 0 Å². The number of rotatable bonds is 1. The van der Waals surface area contributed by atoms with E-state index < -0.39 is 5.97 Å². The summed E-state index contributed by atoms with van der Waals surface area (Å²) < 4.78 is 4.76. The zero-order valence-electron chi connectivity index (χ0n) is 9.94. The quantitative estimate of drug-likeness (QED) is 0.751. The first-order valence-corrected chi connectivity index (χ1v) is 6.26. The van der Waals surface area contributed by atoms with Crippen molar-refractivity contribution in [2.45, 2.75) is 0 Å². The number of carbonyl (C=O) groups is 1. The maximum Gasteiger partial charge on any atom is 0.352 e. The molecule has 0 amide bonds. The summed E-state index contributed by atoms with van der Waals surface area (Å²) in [6.45, 7) is 0. The summed E-state index contributed by atoms with van der Waals surface area (Å²) in [5, 5.41) is 10.2. The fourth-order valence-electron chi connectivity index (χ4n) is 2.48. The number of hydrogen-bond acceptors (Lipinski definition) is 1. The monoisotopic (exact) mass is 306 g/mol. The Morgan fingerprint density at radius 1 is 1.17 bits per heavy atom. The minimum absolute atomic E-state index is 0.306. The highest BCUT2D eigenvalue weighted by Crippen LogP contribution is 2.31. The number of carboxylic acid groups (broad SMARTS) is 1. The molecule has 0 radical (unpaired) electrons. The molecule has 0 saturated heterocycles. The molecule has 0 aliphatic heterocycles. The van der Waals surface area contributed by atoms with E-state index in [4.69, 9.17) is 5.11 Å². The Hall–Kier alpha value is -1.75. The van der Waals surface area contributed by atoms with E-state index in [1.165, 1.54) is 0 Å². The molecule has 18 heavy (non-hydrogen) atoms. The van der Waals surface area contributed by atoms with E-state index in [9.17, 15) is 4.79 Å². The molecule has 0 aliphatic carbocycles. The maximum atomic E-state index is 11.2. The normalized spacial score (nSPS) is 11.5. The van der Waals surface area contributed by atoms with Crippen LogP contribution < -0.4 is 0 Å². The molecule has 2 aromatic heterocycles. The van der Waals surface area contributed by atoms with Gasteiger partial charge in [0, 0.05) is 24.0 Å². The predicted octanol–water partition coefficient (Wildman–Crippen LogP) is 3.13. The molecular formula is C13H11BrN2O2. The van der Waals surface area contributed by atoms with Crippen LogP contribution in [0.15, 0.2) is 28.7 Å². The van der Waals surface area contributed by atoms with Crippen LogP contribution in [0.4, 0.5) is 0 Å². The van der Waals surface area contributed by atoms with Crippen LogP contribution in [-0.4, -0.2) is 20.2 Å². The van der Waals surface area contributed by atoms with Crippen molar-refractivity contribution in [1.29, 1.82) is 0 Å². The van der Waals surface area contributed by atoms with Gasteiger partial charge in [0.15, 0.2) is 0 Å². The third-order valence-corrected chi connectivity index (χ3v) is 3.86. The molecule has 1 aromatic carbocycles. The van der Waals surface area contributed by atoms with Gasteiger partial charge in [-0.15, -0.1) is 0 Å². The SMILES string of the molecule is Cn1c(C(=O)O)cc2c1c1ccc(Br)cc1n2C. The third-order valence-electron chi connectivity index (χ3n) is 3.37. The number of aromatic carboxylic acids is 1. The van der Waals surface area contributed by atoms with Crippen LogP contribution in [0, 0.1) is 0 Å². The molecule has 3 aromatic rings. The van der Waals surface area contributed by atoms with Crippen LogP contribution in [0.25, 0.3) is 21.9 Å². The molecule has 0 fully saturated rings. The molecule has 4 nitrogen and oxygen atoms in total. The van der Waals surface area contributed by atoms with Crippen molar-refractivity contribution in [2.75, 3.05) is 0 Å². The Balaban J connectivity index is 2.53. The van der Waals surface area contributed by atoms with Gasteiger partial charge in [0.05, 0.1) is 16.6 Å². The molecule has 0 aliphatic rings. The Labute approximate surface area is 112 Å². The van der Waals surface area contributed by atoms with Crippen molar-refractivity contribution in [3.05, 3.63) is 34.4 Å². The summed E-state index contributed by atoms with van der Waals surface area (Å²) in [4.78, 5) is 11.2. The highest BCUT2D eigenvalue weighted by atomic mass is 79.9. The standard InChI is InChI=1S/C13H11BrN2O2/c1-15-9-5-7(14)3-4-8(9)12-10(15)6-11(13(17)18)16(12)2/h3-6H,1-2H3,(H,17,18). The highest BCUT2D eigenvalue weighted by molar-refractivity contribution is 9.10. The fraction of sp³-hybridized carbons (Fsp3) is 0.154. The average Bonchev–Trinajstić information content (AvgIpc) is 2.78. The molecule has 0 bridgehead atoms. The molecule has 92 valence electrons. The zero-order valence-corrected chi connectivity index (χ0v) is 11.5. The molecule has 0 atom stereocenters. The summed E-state index contributed by atoms with van der Waals surface area (Å²) in [5.41, 5.74) is 3.28. The average molecular weight is 307 g/mol. The summed E-state index contributed by atoms with van der Waals surface area (Å²) >= 11 is 3.45. The Morgan fingerprint density at radius 2 is 1.89 bits per heavy atom. The van der Waals surface area contributed by atoms with E-state index in [1.54, 1.807) is 17.7 Å². The van der Waals surface area contributed by atoms with Crippen LogP contribution >= 0.6 is 15.9 Å². The van der Waals surface area contributed by atoms with E-state index in [0.29, 0.717) is 5.69 Å². The molecule has 2 heterocycles. The van der Waals surface area contributed by atoms with Crippen molar-refractivity contribution in [2.24, 2.45) is 14.1 Å². The molecule has 0 saturated carbocycles. The van der Waals surface area contributed by atoms with Gasteiger partial charge in [-0.2, -0.15) is 0 Å². The maximum absolute atomic E-state index is 11.2. The third kappa shape index (κ3) is 1.34. The second-order valence-electron chi connectivity index (χ2n) is 4.35. The van der Waals surface area contributed by atoms with E-state index >= 15 is 0 Å². The van der Waals surface area contributed by atoms with Gasteiger partial charge in [-0.3, -0.25) is 0 Å². The second-order valence-corrected chi connectivity index (χ2v) is 5.26. The first-order valence-electron chi connectivity index (χ1n) is 5.47. The van der Waals surface area contributed by atoms with E-state index in [0.717, 1.165) is 26.4 Å².